The van der Waals surface area contributed by atoms with Crippen LogP contribution in [0, 0.1) is 0 Å². The van der Waals surface area contributed by atoms with E-state index >= 15 is 0 Å². The molecule has 0 spiro atoms. The second-order valence-electron chi connectivity index (χ2n) is 2.92. The third-order valence-corrected chi connectivity index (χ3v) is 2.92. The second-order valence-corrected chi connectivity index (χ2v) is 4.49. The van der Waals surface area contributed by atoms with Gasteiger partial charge in [0, 0.05) is 0 Å². The summed E-state index contributed by atoms with van der Waals surface area (Å²) in [5, 5.41) is 0. The first kappa shape index (κ1) is 13.2. The molecule has 0 saturated carbocycles. The molecule has 0 aromatic heterocycles. The van der Waals surface area contributed by atoms with Gasteiger partial charge < -0.3 is 8.92 Å². The van der Waals surface area contributed by atoms with Crippen LogP contribution >= 0.6 is 0 Å². The highest BCUT2D eigenvalue weighted by Crippen LogP contribution is 2.11. The molecule has 1 aromatic rings. The van der Waals surface area contributed by atoms with Crippen LogP contribution in [-0.4, -0.2) is 21.0 Å². The first-order chi connectivity index (χ1) is 8.06. The van der Waals surface area contributed by atoms with Crippen molar-refractivity contribution in [3.8, 4) is 0 Å². The van der Waals surface area contributed by atoms with Crippen molar-refractivity contribution in [2.45, 2.75) is 11.8 Å². The lowest BCUT2D eigenvalue weighted by Crippen LogP contribution is -2.03. The average Bonchev–Trinajstić information content (AvgIpc) is 2.30. The summed E-state index contributed by atoms with van der Waals surface area (Å²) < 4.78 is 32.2. The van der Waals surface area contributed by atoms with Crippen molar-refractivity contribution < 1.29 is 22.1 Å². The number of benzene rings is 1. The molecule has 0 saturated heterocycles. The molecular formula is C11H12O5S. The number of esters is 1. The maximum atomic E-state index is 11.5. The Morgan fingerprint density at radius 1 is 1.29 bits per heavy atom. The molecule has 0 fully saturated rings. The monoisotopic (exact) mass is 256 g/mol. The third-order valence-electron chi connectivity index (χ3n) is 1.70. The summed E-state index contributed by atoms with van der Waals surface area (Å²) in [6.45, 7) is 1.86. The van der Waals surface area contributed by atoms with Gasteiger partial charge in [0.05, 0.1) is 12.7 Å². The van der Waals surface area contributed by atoms with Crippen molar-refractivity contribution in [2.75, 3.05) is 6.61 Å². The Bertz CT molecular complexity index is 490. The topological polar surface area (TPSA) is 69.7 Å². The fraction of sp³-hybridized carbons (Fsp3) is 0.182. The zero-order valence-electron chi connectivity index (χ0n) is 9.20. The minimum Gasteiger partial charge on any atom is -0.463 e. The van der Waals surface area contributed by atoms with Crippen LogP contribution < -0.4 is 0 Å². The lowest BCUT2D eigenvalue weighted by molar-refractivity contribution is -0.137. The van der Waals surface area contributed by atoms with Gasteiger partial charge in [-0.1, -0.05) is 18.2 Å². The Kier molecular flexibility index (Phi) is 4.71. The standard InChI is InChI=1S/C11H12O5S/c1-2-15-11(12)8-9-16-17(13,14)10-6-4-3-5-7-10/h3-9H,2H2,1H3/b9-8-. The number of carbonyl (C=O) groups excluding carboxylic acids is 1. The number of hydrogen-bond acceptors (Lipinski definition) is 5. The summed E-state index contributed by atoms with van der Waals surface area (Å²) in [5.74, 6) is -0.657. The quantitative estimate of drug-likeness (QED) is 0.345. The van der Waals surface area contributed by atoms with Crippen LogP contribution in [0.2, 0.25) is 0 Å². The van der Waals surface area contributed by atoms with Crippen molar-refractivity contribution in [1.82, 2.24) is 0 Å². The molecule has 0 aliphatic rings. The highest BCUT2D eigenvalue weighted by molar-refractivity contribution is 7.86. The Hall–Kier alpha value is -1.82. The molecule has 17 heavy (non-hydrogen) atoms. The van der Waals surface area contributed by atoms with Gasteiger partial charge in [0.15, 0.2) is 0 Å². The molecule has 1 rings (SSSR count). The van der Waals surface area contributed by atoms with E-state index in [9.17, 15) is 13.2 Å². The first-order valence-electron chi connectivity index (χ1n) is 4.88. The van der Waals surface area contributed by atoms with Crippen LogP contribution in [0.3, 0.4) is 0 Å². The van der Waals surface area contributed by atoms with Crippen molar-refractivity contribution in [1.29, 1.82) is 0 Å². The number of ether oxygens (including phenoxy) is 1. The van der Waals surface area contributed by atoms with Crippen LogP contribution in [0.4, 0.5) is 0 Å². The van der Waals surface area contributed by atoms with E-state index in [1.54, 1.807) is 25.1 Å². The molecule has 5 nitrogen and oxygen atoms in total. The van der Waals surface area contributed by atoms with Gasteiger partial charge >= 0.3 is 16.1 Å². The summed E-state index contributed by atoms with van der Waals surface area (Å²) >= 11 is 0. The predicted octanol–water partition coefficient (Wildman–Crippen LogP) is 1.47. The summed E-state index contributed by atoms with van der Waals surface area (Å²) in [7, 11) is -3.87. The molecule has 0 amide bonds. The van der Waals surface area contributed by atoms with E-state index in [0.29, 0.717) is 0 Å². The van der Waals surface area contributed by atoms with Crippen molar-refractivity contribution in [2.24, 2.45) is 0 Å². The van der Waals surface area contributed by atoms with Gasteiger partial charge in [0.1, 0.15) is 11.2 Å². The normalized spacial score (nSPS) is 11.4. The molecule has 0 heterocycles. The summed E-state index contributed by atoms with van der Waals surface area (Å²) in [5.41, 5.74) is 0. The summed E-state index contributed by atoms with van der Waals surface area (Å²) in [6.07, 6.45) is 1.70. The minimum atomic E-state index is -3.87. The SMILES string of the molecule is CCOC(=O)/C=C\OS(=O)(=O)c1ccccc1. The Morgan fingerprint density at radius 2 is 1.94 bits per heavy atom. The van der Waals surface area contributed by atoms with Gasteiger partial charge in [-0.25, -0.2) is 4.79 Å². The number of carbonyl (C=O) groups is 1. The van der Waals surface area contributed by atoms with Gasteiger partial charge in [-0.2, -0.15) is 8.42 Å². The van der Waals surface area contributed by atoms with Crippen LogP contribution in [0.25, 0.3) is 0 Å². The van der Waals surface area contributed by atoms with Crippen LogP contribution in [0.1, 0.15) is 6.92 Å². The van der Waals surface area contributed by atoms with E-state index in [-0.39, 0.29) is 11.5 Å². The zero-order chi connectivity index (χ0) is 12.7. The van der Waals surface area contributed by atoms with E-state index in [1.807, 2.05) is 0 Å². The molecule has 0 unspecified atom stereocenters. The van der Waals surface area contributed by atoms with E-state index in [4.69, 9.17) is 0 Å². The average molecular weight is 256 g/mol. The van der Waals surface area contributed by atoms with Gasteiger partial charge in [-0.3, -0.25) is 0 Å². The third kappa shape index (κ3) is 4.28. The molecule has 0 N–H and O–H groups in total. The minimum absolute atomic E-state index is 0.0218. The molecule has 0 atom stereocenters. The summed E-state index contributed by atoms with van der Waals surface area (Å²) in [6, 6.07) is 7.63. The molecule has 92 valence electrons. The van der Waals surface area contributed by atoms with E-state index in [1.165, 1.54) is 12.1 Å². The molecular weight excluding hydrogens is 244 g/mol. The second kappa shape index (κ2) is 6.05. The highest BCUT2D eigenvalue weighted by Gasteiger charge is 2.12. The van der Waals surface area contributed by atoms with Gasteiger partial charge in [-0.05, 0) is 19.1 Å². The van der Waals surface area contributed by atoms with Crippen molar-refractivity contribution in [3.05, 3.63) is 42.7 Å². The van der Waals surface area contributed by atoms with Crippen LogP contribution in [0.15, 0.2) is 47.6 Å². The zero-order valence-corrected chi connectivity index (χ0v) is 10.0. The fourth-order valence-corrected chi connectivity index (χ4v) is 1.79. The predicted molar refractivity (Wildman–Crippen MR) is 60.5 cm³/mol. The Balaban J connectivity index is 2.66. The van der Waals surface area contributed by atoms with Crippen molar-refractivity contribution >= 4 is 16.1 Å². The molecule has 0 bridgehead atoms. The van der Waals surface area contributed by atoms with Crippen molar-refractivity contribution in [3.63, 3.8) is 0 Å². The van der Waals surface area contributed by atoms with Crippen LogP contribution in [-0.2, 0) is 23.8 Å². The number of hydrogen-bond donors (Lipinski definition) is 0. The maximum Gasteiger partial charge on any atom is 0.338 e. The summed E-state index contributed by atoms with van der Waals surface area (Å²) in [4.78, 5) is 10.9. The fourth-order valence-electron chi connectivity index (χ4n) is 0.990. The maximum absolute atomic E-state index is 11.5. The van der Waals surface area contributed by atoms with Gasteiger partial charge in [0.2, 0.25) is 0 Å². The molecule has 0 aliphatic heterocycles. The van der Waals surface area contributed by atoms with E-state index in [0.717, 1.165) is 12.3 Å². The molecule has 0 aliphatic carbocycles. The Labute approximate surface area is 99.8 Å². The van der Waals surface area contributed by atoms with E-state index < -0.39 is 16.1 Å². The Morgan fingerprint density at radius 3 is 2.53 bits per heavy atom. The molecule has 0 radical (unpaired) electrons. The lowest BCUT2D eigenvalue weighted by Gasteiger charge is -2.01. The highest BCUT2D eigenvalue weighted by atomic mass is 32.2. The smallest absolute Gasteiger partial charge is 0.338 e. The van der Waals surface area contributed by atoms with E-state index in [2.05, 4.69) is 8.92 Å². The van der Waals surface area contributed by atoms with Gasteiger partial charge in [0.25, 0.3) is 0 Å². The number of rotatable bonds is 5. The van der Waals surface area contributed by atoms with Gasteiger partial charge in [-0.15, -0.1) is 0 Å². The molecule has 1 aromatic carbocycles. The first-order valence-corrected chi connectivity index (χ1v) is 6.28. The molecule has 6 heteroatoms. The lowest BCUT2D eigenvalue weighted by atomic mass is 10.4. The largest absolute Gasteiger partial charge is 0.463 e. The van der Waals surface area contributed by atoms with Crippen LogP contribution in [0.5, 0.6) is 0 Å².